The summed E-state index contributed by atoms with van der Waals surface area (Å²) in [5.41, 5.74) is 5.53. The minimum Gasteiger partial charge on any atom is -0.356 e. The van der Waals surface area contributed by atoms with Crippen molar-refractivity contribution in [3.8, 4) is 11.3 Å². The summed E-state index contributed by atoms with van der Waals surface area (Å²) in [7, 11) is 0. The molecule has 21 heavy (non-hydrogen) atoms. The van der Waals surface area contributed by atoms with Crippen molar-refractivity contribution < 1.29 is 0 Å². The van der Waals surface area contributed by atoms with Crippen LogP contribution in [-0.2, 0) is 6.42 Å². The number of nitrogens with zero attached hydrogens (tertiary/aromatic N) is 4. The summed E-state index contributed by atoms with van der Waals surface area (Å²) in [6, 6.07) is 12.4. The second-order valence-electron chi connectivity index (χ2n) is 5.49. The van der Waals surface area contributed by atoms with E-state index in [2.05, 4.69) is 36.9 Å². The number of fused-ring (bicyclic) bond motifs is 3. The van der Waals surface area contributed by atoms with E-state index in [1.807, 2.05) is 22.7 Å². The van der Waals surface area contributed by atoms with Gasteiger partial charge in [-0.1, -0.05) is 30.3 Å². The lowest BCUT2D eigenvalue weighted by Gasteiger charge is -2.17. The molecule has 3 heterocycles. The highest BCUT2D eigenvalue weighted by atomic mass is 15.4. The van der Waals surface area contributed by atoms with Gasteiger partial charge in [0.2, 0.25) is 0 Å². The quantitative estimate of drug-likeness (QED) is 0.722. The Labute approximate surface area is 124 Å². The second-order valence-corrected chi connectivity index (χ2v) is 5.49. The van der Waals surface area contributed by atoms with Gasteiger partial charge >= 0.3 is 0 Å². The van der Waals surface area contributed by atoms with Crippen LogP contribution in [0.25, 0.3) is 16.9 Å². The minimum atomic E-state index is 0.936. The van der Waals surface area contributed by atoms with Gasteiger partial charge in [-0.2, -0.15) is 9.61 Å². The van der Waals surface area contributed by atoms with Crippen LogP contribution in [0.15, 0.2) is 36.4 Å². The van der Waals surface area contributed by atoms with Gasteiger partial charge in [0.05, 0.1) is 5.69 Å². The van der Waals surface area contributed by atoms with Gasteiger partial charge < -0.3 is 4.90 Å². The topological polar surface area (TPSA) is 33.4 Å². The maximum Gasteiger partial charge on any atom is 0.158 e. The molecule has 1 aromatic carbocycles. The molecule has 0 bridgehead atoms. The van der Waals surface area contributed by atoms with Crippen LogP contribution in [0, 0.1) is 6.92 Å². The molecule has 0 saturated heterocycles. The van der Waals surface area contributed by atoms with E-state index in [0.29, 0.717) is 0 Å². The Balaban J connectivity index is 1.97. The van der Waals surface area contributed by atoms with E-state index >= 15 is 0 Å². The average molecular weight is 278 g/mol. The molecule has 0 spiro atoms. The van der Waals surface area contributed by atoms with Gasteiger partial charge in [0.1, 0.15) is 5.82 Å². The van der Waals surface area contributed by atoms with Crippen molar-refractivity contribution in [3.63, 3.8) is 0 Å². The van der Waals surface area contributed by atoms with Crippen LogP contribution in [0.5, 0.6) is 0 Å². The van der Waals surface area contributed by atoms with Crippen LogP contribution in [0.1, 0.15) is 18.2 Å². The Morgan fingerprint density at radius 3 is 2.76 bits per heavy atom. The van der Waals surface area contributed by atoms with Crippen LogP contribution in [-0.4, -0.2) is 27.7 Å². The van der Waals surface area contributed by atoms with Crippen LogP contribution >= 0.6 is 0 Å². The van der Waals surface area contributed by atoms with E-state index in [9.17, 15) is 0 Å². The first-order valence-electron chi connectivity index (χ1n) is 7.47. The summed E-state index contributed by atoms with van der Waals surface area (Å²) in [4.78, 5) is 7.12. The lowest BCUT2D eigenvalue weighted by atomic mass is 10.1. The zero-order chi connectivity index (χ0) is 14.4. The fourth-order valence-corrected chi connectivity index (χ4v) is 3.16. The molecule has 0 saturated carbocycles. The first kappa shape index (κ1) is 12.4. The maximum atomic E-state index is 4.81. The molecule has 3 aromatic rings. The number of aryl methyl sites for hydroxylation is 1. The third-order valence-corrected chi connectivity index (χ3v) is 4.26. The monoisotopic (exact) mass is 278 g/mol. The fraction of sp³-hybridized carbons (Fsp3) is 0.294. The molecule has 0 aliphatic carbocycles. The molecule has 0 atom stereocenters. The molecule has 0 N–H and O–H groups in total. The van der Waals surface area contributed by atoms with Crippen molar-refractivity contribution in [2.24, 2.45) is 0 Å². The van der Waals surface area contributed by atoms with E-state index in [-0.39, 0.29) is 0 Å². The molecule has 4 nitrogen and oxygen atoms in total. The van der Waals surface area contributed by atoms with E-state index in [1.165, 1.54) is 11.4 Å². The van der Waals surface area contributed by atoms with Gasteiger partial charge in [-0.15, -0.1) is 0 Å². The second kappa shape index (κ2) is 4.58. The van der Waals surface area contributed by atoms with Crippen molar-refractivity contribution in [2.45, 2.75) is 20.3 Å². The normalized spacial score (nSPS) is 13.9. The average Bonchev–Trinajstić information content (AvgIpc) is 3.11. The first-order valence-corrected chi connectivity index (χ1v) is 7.47. The van der Waals surface area contributed by atoms with E-state index < -0.39 is 0 Å². The van der Waals surface area contributed by atoms with Crippen LogP contribution in [0.4, 0.5) is 5.82 Å². The number of hydrogen-bond acceptors (Lipinski definition) is 3. The van der Waals surface area contributed by atoms with Crippen LogP contribution in [0.3, 0.4) is 0 Å². The molecule has 0 radical (unpaired) electrons. The molecular weight excluding hydrogens is 260 g/mol. The SMILES string of the molecule is CCN1CCc2c(C)nc3cc(-c4ccccc4)nn3c21. The zero-order valence-electron chi connectivity index (χ0n) is 12.4. The smallest absolute Gasteiger partial charge is 0.158 e. The van der Waals surface area contributed by atoms with E-state index in [0.717, 1.165) is 42.1 Å². The molecule has 106 valence electrons. The van der Waals surface area contributed by atoms with Gasteiger partial charge in [0.25, 0.3) is 0 Å². The molecule has 0 unspecified atom stereocenters. The maximum absolute atomic E-state index is 4.81. The summed E-state index contributed by atoms with van der Waals surface area (Å²) in [5, 5.41) is 4.81. The number of aromatic nitrogens is 3. The molecule has 0 amide bonds. The van der Waals surface area contributed by atoms with Crippen molar-refractivity contribution in [1.82, 2.24) is 14.6 Å². The first-order chi connectivity index (χ1) is 10.3. The molecule has 0 fully saturated rings. The van der Waals surface area contributed by atoms with Crippen LogP contribution in [0.2, 0.25) is 0 Å². The Hall–Kier alpha value is -2.36. The molecule has 4 rings (SSSR count). The standard InChI is InChI=1S/C17H18N4/c1-3-20-10-9-14-12(2)18-16-11-15(19-21(16)17(14)20)13-7-5-4-6-8-13/h4-8,11H,3,9-10H2,1-2H3. The largest absolute Gasteiger partial charge is 0.356 e. The number of anilines is 1. The highest BCUT2D eigenvalue weighted by Crippen LogP contribution is 2.31. The lowest BCUT2D eigenvalue weighted by Crippen LogP contribution is -2.21. The highest BCUT2D eigenvalue weighted by molar-refractivity contribution is 5.68. The predicted molar refractivity (Wildman–Crippen MR) is 84.8 cm³/mol. The molecule has 2 aromatic heterocycles. The summed E-state index contributed by atoms with van der Waals surface area (Å²) >= 11 is 0. The molecule has 1 aliphatic heterocycles. The van der Waals surface area contributed by atoms with Crippen molar-refractivity contribution in [1.29, 1.82) is 0 Å². The minimum absolute atomic E-state index is 0.936. The summed E-state index contributed by atoms with van der Waals surface area (Å²) in [5.74, 6) is 1.22. The Bertz CT molecular complexity index is 805. The fourth-order valence-electron chi connectivity index (χ4n) is 3.16. The van der Waals surface area contributed by atoms with Crippen molar-refractivity contribution >= 4 is 11.5 Å². The van der Waals surface area contributed by atoms with Gasteiger partial charge in [0, 0.05) is 36.0 Å². The number of hydrogen-bond donors (Lipinski definition) is 0. The van der Waals surface area contributed by atoms with Gasteiger partial charge in [-0.3, -0.25) is 0 Å². The number of likely N-dealkylation sites (N-methyl/N-ethyl adjacent to an activating group) is 1. The summed E-state index contributed by atoms with van der Waals surface area (Å²) in [6.07, 6.45) is 1.07. The zero-order valence-corrected chi connectivity index (χ0v) is 12.4. The van der Waals surface area contributed by atoms with Gasteiger partial charge in [0.15, 0.2) is 5.65 Å². The Morgan fingerprint density at radius 2 is 2.00 bits per heavy atom. The number of benzene rings is 1. The third kappa shape index (κ3) is 1.82. The van der Waals surface area contributed by atoms with Gasteiger partial charge in [-0.25, -0.2) is 4.98 Å². The van der Waals surface area contributed by atoms with Crippen molar-refractivity contribution in [2.75, 3.05) is 18.0 Å². The van der Waals surface area contributed by atoms with E-state index in [4.69, 9.17) is 10.1 Å². The molecular formula is C17H18N4. The third-order valence-electron chi connectivity index (χ3n) is 4.26. The predicted octanol–water partition coefficient (Wildman–Crippen LogP) is 3.09. The molecule has 4 heteroatoms. The Kier molecular flexibility index (Phi) is 2.70. The summed E-state index contributed by atoms with van der Waals surface area (Å²) in [6.45, 7) is 6.37. The Morgan fingerprint density at radius 1 is 1.19 bits per heavy atom. The van der Waals surface area contributed by atoms with E-state index in [1.54, 1.807) is 0 Å². The molecule has 1 aliphatic rings. The number of rotatable bonds is 2. The van der Waals surface area contributed by atoms with Gasteiger partial charge in [-0.05, 0) is 20.3 Å². The highest BCUT2D eigenvalue weighted by Gasteiger charge is 2.25. The lowest BCUT2D eigenvalue weighted by molar-refractivity contribution is 0.826. The van der Waals surface area contributed by atoms with Crippen LogP contribution < -0.4 is 4.90 Å². The van der Waals surface area contributed by atoms with Crippen molar-refractivity contribution in [3.05, 3.63) is 47.7 Å². The summed E-state index contributed by atoms with van der Waals surface area (Å²) < 4.78 is 2.02.